The Morgan fingerprint density at radius 2 is 2.00 bits per heavy atom. The predicted octanol–water partition coefficient (Wildman–Crippen LogP) is 2.66. The van der Waals surface area contributed by atoms with Gasteiger partial charge in [0.05, 0.1) is 23.5 Å². The fourth-order valence-electron chi connectivity index (χ4n) is 3.46. The number of H-pyrrole nitrogens is 1. The maximum absolute atomic E-state index is 15.3. The van der Waals surface area contributed by atoms with Crippen molar-refractivity contribution in [3.63, 3.8) is 0 Å². The van der Waals surface area contributed by atoms with Crippen LogP contribution in [-0.2, 0) is 4.79 Å². The highest BCUT2D eigenvalue weighted by Gasteiger charge is 2.30. The fourth-order valence-corrected chi connectivity index (χ4v) is 3.46. The van der Waals surface area contributed by atoms with Crippen molar-refractivity contribution < 1.29 is 14.0 Å². The molecule has 9 nitrogen and oxygen atoms in total. The Morgan fingerprint density at radius 1 is 1.23 bits per heavy atom. The molecule has 156 valence electrons. The van der Waals surface area contributed by atoms with Crippen molar-refractivity contribution in [3.8, 4) is 16.9 Å². The Labute approximate surface area is 175 Å². The number of pyridine rings is 1. The molecule has 0 spiro atoms. The molecule has 3 aromatic heterocycles. The second-order valence-electron chi connectivity index (χ2n) is 7.29. The summed E-state index contributed by atoms with van der Waals surface area (Å²) in [5.74, 6) is -0.686. The maximum atomic E-state index is 15.3. The van der Waals surface area contributed by atoms with Gasteiger partial charge in [0.2, 0.25) is 5.91 Å². The summed E-state index contributed by atoms with van der Waals surface area (Å²) in [6.45, 7) is 0. The number of nitrogens with one attached hydrogen (secondary N) is 3. The van der Waals surface area contributed by atoms with Gasteiger partial charge in [0.25, 0.3) is 5.91 Å². The van der Waals surface area contributed by atoms with Crippen molar-refractivity contribution in [2.75, 3.05) is 12.4 Å². The van der Waals surface area contributed by atoms with E-state index in [0.717, 1.165) is 12.8 Å². The topological polar surface area (TPSA) is 118 Å². The molecule has 0 unspecified atom stereocenters. The Bertz CT molecular complexity index is 1310. The highest BCUT2D eigenvalue weighted by Crippen LogP contribution is 2.34. The minimum atomic E-state index is -0.525. The molecule has 0 atom stereocenters. The van der Waals surface area contributed by atoms with Crippen molar-refractivity contribution >= 4 is 28.5 Å². The third-order valence-corrected chi connectivity index (χ3v) is 5.23. The van der Waals surface area contributed by atoms with Gasteiger partial charge in [0.15, 0.2) is 11.6 Å². The molecular formula is C21H18FN7O2. The van der Waals surface area contributed by atoms with Crippen LogP contribution in [0.1, 0.15) is 23.2 Å². The van der Waals surface area contributed by atoms with Gasteiger partial charge in [-0.2, -0.15) is 10.2 Å². The Morgan fingerprint density at radius 3 is 2.71 bits per heavy atom. The normalized spacial score (nSPS) is 13.4. The smallest absolute Gasteiger partial charge is 0.253 e. The first-order valence-corrected chi connectivity index (χ1v) is 9.77. The zero-order chi connectivity index (χ0) is 21.5. The molecule has 31 heavy (non-hydrogen) atoms. The van der Waals surface area contributed by atoms with Crippen molar-refractivity contribution in [2.45, 2.75) is 12.8 Å². The first kappa shape index (κ1) is 18.9. The number of hydrogen-bond acceptors (Lipinski definition) is 5. The SMILES string of the molecule is CNC(=O)c1cnc(NC(=O)C2CC2)c2[nH]c(-c3cccc(-n4nccn4)c3F)cc12. The summed E-state index contributed by atoms with van der Waals surface area (Å²) in [6, 6.07) is 6.55. The lowest BCUT2D eigenvalue weighted by molar-refractivity contribution is -0.117. The number of anilines is 1. The summed E-state index contributed by atoms with van der Waals surface area (Å²) in [6.07, 6.45) is 6.03. The largest absolute Gasteiger partial charge is 0.355 e. The van der Waals surface area contributed by atoms with Crippen molar-refractivity contribution in [1.82, 2.24) is 30.3 Å². The van der Waals surface area contributed by atoms with Crippen LogP contribution in [0.3, 0.4) is 0 Å². The van der Waals surface area contributed by atoms with Crippen molar-refractivity contribution in [2.24, 2.45) is 5.92 Å². The third kappa shape index (κ3) is 3.31. The van der Waals surface area contributed by atoms with E-state index in [0.29, 0.717) is 28.0 Å². The second kappa shape index (κ2) is 7.31. The Balaban J connectivity index is 1.65. The molecule has 0 saturated heterocycles. The molecule has 1 saturated carbocycles. The van der Waals surface area contributed by atoms with E-state index in [9.17, 15) is 9.59 Å². The van der Waals surface area contributed by atoms with Crippen LogP contribution in [0.15, 0.2) is 42.9 Å². The van der Waals surface area contributed by atoms with Crippen LogP contribution < -0.4 is 10.6 Å². The molecule has 1 fully saturated rings. The van der Waals surface area contributed by atoms with E-state index in [2.05, 4.69) is 30.8 Å². The predicted molar refractivity (Wildman–Crippen MR) is 111 cm³/mol. The lowest BCUT2D eigenvalue weighted by Crippen LogP contribution is -2.19. The molecule has 0 bridgehead atoms. The van der Waals surface area contributed by atoms with E-state index < -0.39 is 5.82 Å². The molecule has 2 amide bonds. The molecule has 3 N–H and O–H groups in total. The molecule has 1 aliphatic carbocycles. The number of halogens is 1. The van der Waals surface area contributed by atoms with E-state index in [-0.39, 0.29) is 29.0 Å². The maximum Gasteiger partial charge on any atom is 0.253 e. The fraction of sp³-hybridized carbons (Fsp3) is 0.190. The molecule has 4 aromatic rings. The average Bonchev–Trinajstić information content (AvgIpc) is 3.30. The summed E-state index contributed by atoms with van der Waals surface area (Å²) in [4.78, 5) is 33.2. The van der Waals surface area contributed by atoms with E-state index in [1.54, 1.807) is 24.3 Å². The molecule has 5 rings (SSSR count). The molecule has 10 heteroatoms. The Kier molecular flexibility index (Phi) is 4.46. The second-order valence-corrected chi connectivity index (χ2v) is 7.29. The summed E-state index contributed by atoms with van der Waals surface area (Å²) >= 11 is 0. The summed E-state index contributed by atoms with van der Waals surface area (Å²) in [7, 11) is 1.52. The molecule has 0 aliphatic heterocycles. The number of benzene rings is 1. The van der Waals surface area contributed by atoms with Crippen LogP contribution in [0, 0.1) is 11.7 Å². The minimum Gasteiger partial charge on any atom is -0.355 e. The molecule has 3 heterocycles. The summed E-state index contributed by atoms with van der Waals surface area (Å²) < 4.78 is 15.3. The molecule has 0 radical (unpaired) electrons. The van der Waals surface area contributed by atoms with Gasteiger partial charge < -0.3 is 15.6 Å². The van der Waals surface area contributed by atoms with Gasteiger partial charge in [-0.3, -0.25) is 9.59 Å². The molecular weight excluding hydrogens is 401 g/mol. The number of fused-ring (bicyclic) bond motifs is 1. The van der Waals surface area contributed by atoms with Gasteiger partial charge in [0.1, 0.15) is 5.69 Å². The van der Waals surface area contributed by atoms with Gasteiger partial charge in [-0.25, -0.2) is 9.37 Å². The number of carbonyl (C=O) groups excluding carboxylic acids is 2. The summed E-state index contributed by atoms with van der Waals surface area (Å²) in [5, 5.41) is 13.9. The van der Waals surface area contributed by atoms with Gasteiger partial charge in [-0.05, 0) is 31.0 Å². The van der Waals surface area contributed by atoms with Crippen LogP contribution in [-0.4, -0.2) is 43.8 Å². The van der Waals surface area contributed by atoms with Crippen molar-refractivity contribution in [3.05, 3.63) is 54.2 Å². The van der Waals surface area contributed by atoms with Gasteiger partial charge in [0, 0.05) is 35.8 Å². The highest BCUT2D eigenvalue weighted by molar-refractivity contribution is 6.11. The van der Waals surface area contributed by atoms with Crippen LogP contribution in [0.2, 0.25) is 0 Å². The van der Waals surface area contributed by atoms with Crippen LogP contribution in [0.25, 0.3) is 27.8 Å². The number of carbonyl (C=O) groups is 2. The standard InChI is InChI=1S/C21H18FN7O2/c1-23-21(31)14-10-24-19(28-20(30)11-5-6-11)18-13(14)9-15(27-18)12-3-2-4-16(17(12)22)29-25-7-8-26-29/h2-4,7-11,27H,5-6H2,1H3,(H,23,31)(H,24,28,30). The minimum absolute atomic E-state index is 0.0133. The first-order valence-electron chi connectivity index (χ1n) is 9.77. The zero-order valence-corrected chi connectivity index (χ0v) is 16.5. The van der Waals surface area contributed by atoms with Crippen molar-refractivity contribution in [1.29, 1.82) is 0 Å². The monoisotopic (exact) mass is 419 g/mol. The van der Waals surface area contributed by atoms with Crippen LogP contribution in [0.5, 0.6) is 0 Å². The van der Waals surface area contributed by atoms with Gasteiger partial charge in [-0.15, -0.1) is 4.80 Å². The lowest BCUT2D eigenvalue weighted by Gasteiger charge is -2.07. The van der Waals surface area contributed by atoms with Crippen LogP contribution in [0.4, 0.5) is 10.2 Å². The number of aromatic amines is 1. The first-order chi connectivity index (χ1) is 15.1. The Hall–Kier alpha value is -4.08. The lowest BCUT2D eigenvalue weighted by atomic mass is 10.1. The number of rotatable bonds is 5. The van der Waals surface area contributed by atoms with E-state index in [1.807, 2.05) is 0 Å². The molecule has 1 aromatic carbocycles. The highest BCUT2D eigenvalue weighted by atomic mass is 19.1. The third-order valence-electron chi connectivity index (χ3n) is 5.23. The van der Waals surface area contributed by atoms with Gasteiger partial charge >= 0.3 is 0 Å². The number of hydrogen-bond donors (Lipinski definition) is 3. The van der Waals surface area contributed by atoms with Gasteiger partial charge in [-0.1, -0.05) is 6.07 Å². The quantitative estimate of drug-likeness (QED) is 0.460. The number of amides is 2. The average molecular weight is 419 g/mol. The summed E-state index contributed by atoms with van der Waals surface area (Å²) in [5.41, 5.74) is 1.66. The van der Waals surface area contributed by atoms with E-state index >= 15 is 4.39 Å². The molecule has 1 aliphatic rings. The van der Waals surface area contributed by atoms with E-state index in [4.69, 9.17) is 0 Å². The number of nitrogens with zero attached hydrogens (tertiary/aromatic N) is 4. The van der Waals surface area contributed by atoms with E-state index in [1.165, 1.54) is 30.4 Å². The zero-order valence-electron chi connectivity index (χ0n) is 16.5. The number of aromatic nitrogens is 5. The van der Waals surface area contributed by atoms with Crippen LogP contribution >= 0.6 is 0 Å².